The minimum atomic E-state index is 0.428. The largest absolute Gasteiger partial charge is 0.265 e. The maximum atomic E-state index is 4.13. The van der Waals surface area contributed by atoms with Gasteiger partial charge in [0, 0.05) is 12.4 Å². The Kier molecular flexibility index (Phi) is 5.17. The molecule has 96 valence electrons. The van der Waals surface area contributed by atoms with E-state index in [0.717, 1.165) is 5.92 Å². The minimum absolute atomic E-state index is 0.428. The van der Waals surface area contributed by atoms with Crippen LogP contribution < -0.4 is 0 Å². The third-order valence-corrected chi connectivity index (χ3v) is 4.19. The van der Waals surface area contributed by atoms with Gasteiger partial charge in [0.1, 0.15) is 0 Å². The molecule has 0 fully saturated rings. The van der Waals surface area contributed by atoms with Gasteiger partial charge in [0.15, 0.2) is 0 Å². The van der Waals surface area contributed by atoms with Crippen LogP contribution in [0.4, 0.5) is 0 Å². The lowest BCUT2D eigenvalue weighted by molar-refractivity contribution is 0.255. The molecule has 0 amide bonds. The molecule has 1 heterocycles. The predicted molar refractivity (Wildman–Crippen MR) is 75.1 cm³/mol. The van der Waals surface area contributed by atoms with E-state index in [1.54, 1.807) is 0 Å². The van der Waals surface area contributed by atoms with Crippen LogP contribution in [0.15, 0.2) is 24.5 Å². The van der Waals surface area contributed by atoms with Crippen LogP contribution in [-0.2, 0) is 0 Å². The Morgan fingerprint density at radius 1 is 1.18 bits per heavy atom. The molecular weight excluding hydrogens is 206 g/mol. The van der Waals surface area contributed by atoms with E-state index in [1.165, 1.54) is 24.8 Å². The van der Waals surface area contributed by atoms with E-state index in [2.05, 4.69) is 51.7 Å². The van der Waals surface area contributed by atoms with Gasteiger partial charge in [-0.3, -0.25) is 4.98 Å². The molecule has 0 aliphatic heterocycles. The normalized spacial score (nSPS) is 15.6. The average Bonchev–Trinajstić information content (AvgIpc) is 2.36. The molecule has 2 atom stereocenters. The van der Waals surface area contributed by atoms with E-state index in [0.29, 0.717) is 11.3 Å². The number of pyridine rings is 1. The number of nitrogens with zero attached hydrogens (tertiary/aromatic N) is 1. The van der Waals surface area contributed by atoms with Gasteiger partial charge >= 0.3 is 0 Å². The number of rotatable bonds is 6. The average molecular weight is 233 g/mol. The summed E-state index contributed by atoms with van der Waals surface area (Å²) in [5.41, 5.74) is 1.88. The molecule has 1 nitrogen and oxygen atoms in total. The number of hydrogen-bond acceptors (Lipinski definition) is 1. The van der Waals surface area contributed by atoms with Gasteiger partial charge in [-0.05, 0) is 41.4 Å². The highest BCUT2D eigenvalue weighted by atomic mass is 14.6. The third kappa shape index (κ3) is 4.14. The smallest absolute Gasteiger partial charge is 0.0270 e. The maximum absolute atomic E-state index is 4.13. The van der Waals surface area contributed by atoms with Gasteiger partial charge in [-0.2, -0.15) is 0 Å². The molecule has 0 spiro atoms. The van der Waals surface area contributed by atoms with Gasteiger partial charge in [0.25, 0.3) is 0 Å². The highest BCUT2D eigenvalue weighted by Gasteiger charge is 2.26. The molecule has 1 aromatic heterocycles. The van der Waals surface area contributed by atoms with Gasteiger partial charge in [0.05, 0.1) is 0 Å². The van der Waals surface area contributed by atoms with E-state index >= 15 is 0 Å². The molecule has 0 aliphatic rings. The Hall–Kier alpha value is -0.850. The number of hydrogen-bond donors (Lipinski definition) is 0. The first-order valence-electron chi connectivity index (χ1n) is 6.90. The summed E-state index contributed by atoms with van der Waals surface area (Å²) in [6, 6.07) is 4.37. The summed E-state index contributed by atoms with van der Waals surface area (Å²) in [4.78, 5) is 4.13. The van der Waals surface area contributed by atoms with Crippen molar-refractivity contribution in [3.63, 3.8) is 0 Å². The van der Waals surface area contributed by atoms with Gasteiger partial charge in [0.2, 0.25) is 0 Å². The molecule has 17 heavy (non-hydrogen) atoms. The van der Waals surface area contributed by atoms with Crippen molar-refractivity contribution in [2.75, 3.05) is 0 Å². The van der Waals surface area contributed by atoms with Gasteiger partial charge in [-0.25, -0.2) is 0 Å². The van der Waals surface area contributed by atoms with Gasteiger partial charge in [-0.15, -0.1) is 0 Å². The summed E-state index contributed by atoms with van der Waals surface area (Å²) < 4.78 is 0. The Morgan fingerprint density at radius 2 is 1.76 bits per heavy atom. The Balaban J connectivity index is 2.89. The van der Waals surface area contributed by atoms with Crippen molar-refractivity contribution >= 4 is 0 Å². The summed E-state index contributed by atoms with van der Waals surface area (Å²) in [5.74, 6) is 1.40. The second kappa shape index (κ2) is 6.18. The van der Waals surface area contributed by atoms with Crippen molar-refractivity contribution in [1.29, 1.82) is 0 Å². The van der Waals surface area contributed by atoms with Crippen LogP contribution in [0.1, 0.15) is 65.4 Å². The van der Waals surface area contributed by atoms with Crippen LogP contribution in [0, 0.1) is 11.3 Å². The van der Waals surface area contributed by atoms with E-state index in [9.17, 15) is 0 Å². The summed E-state index contributed by atoms with van der Waals surface area (Å²) in [6.45, 7) is 11.7. The zero-order valence-electron chi connectivity index (χ0n) is 12.0. The van der Waals surface area contributed by atoms with Crippen LogP contribution in [0.3, 0.4) is 0 Å². The van der Waals surface area contributed by atoms with Crippen molar-refractivity contribution < 1.29 is 0 Å². The van der Waals surface area contributed by atoms with Crippen molar-refractivity contribution in [2.45, 2.75) is 59.8 Å². The standard InChI is InChI=1S/C16H27N/c1-6-13(3)15(12-16(4,5)7-2)14-8-10-17-11-9-14/h8-11,13,15H,6-7,12H2,1-5H3. The minimum Gasteiger partial charge on any atom is -0.265 e. The fourth-order valence-electron chi connectivity index (χ4n) is 2.28. The van der Waals surface area contributed by atoms with Crippen LogP contribution >= 0.6 is 0 Å². The molecule has 0 aliphatic carbocycles. The van der Waals surface area contributed by atoms with Crippen molar-refractivity contribution in [3.8, 4) is 0 Å². The topological polar surface area (TPSA) is 12.9 Å². The quantitative estimate of drug-likeness (QED) is 0.671. The fourth-order valence-corrected chi connectivity index (χ4v) is 2.28. The van der Waals surface area contributed by atoms with Gasteiger partial charge < -0.3 is 0 Å². The Labute approximate surface area is 107 Å². The van der Waals surface area contributed by atoms with E-state index < -0.39 is 0 Å². The lowest BCUT2D eigenvalue weighted by Gasteiger charge is -2.32. The molecule has 0 aromatic carbocycles. The Morgan fingerprint density at radius 3 is 2.24 bits per heavy atom. The van der Waals surface area contributed by atoms with Crippen molar-refractivity contribution in [1.82, 2.24) is 4.98 Å². The zero-order valence-corrected chi connectivity index (χ0v) is 12.0. The molecule has 2 unspecified atom stereocenters. The van der Waals surface area contributed by atoms with Crippen molar-refractivity contribution in [3.05, 3.63) is 30.1 Å². The van der Waals surface area contributed by atoms with E-state index in [4.69, 9.17) is 0 Å². The Bertz CT molecular complexity index is 316. The molecule has 0 N–H and O–H groups in total. The fraction of sp³-hybridized carbons (Fsp3) is 0.688. The predicted octanol–water partition coefficient (Wildman–Crippen LogP) is 5.04. The van der Waals surface area contributed by atoms with Crippen LogP contribution in [0.2, 0.25) is 0 Å². The highest BCUT2D eigenvalue weighted by Crippen LogP contribution is 2.39. The molecule has 0 bridgehead atoms. The number of aromatic nitrogens is 1. The van der Waals surface area contributed by atoms with Crippen molar-refractivity contribution in [2.24, 2.45) is 11.3 Å². The summed E-state index contributed by atoms with van der Waals surface area (Å²) >= 11 is 0. The lowest BCUT2D eigenvalue weighted by atomic mass is 9.73. The van der Waals surface area contributed by atoms with Crippen LogP contribution in [0.25, 0.3) is 0 Å². The first kappa shape index (κ1) is 14.2. The molecule has 1 aromatic rings. The first-order chi connectivity index (χ1) is 8.00. The summed E-state index contributed by atoms with van der Waals surface area (Å²) in [6.07, 6.45) is 7.59. The zero-order chi connectivity index (χ0) is 12.9. The molecule has 0 saturated carbocycles. The summed E-state index contributed by atoms with van der Waals surface area (Å²) in [7, 11) is 0. The molecule has 1 heteroatoms. The second-order valence-electron chi connectivity index (χ2n) is 5.99. The molecule has 0 radical (unpaired) electrons. The van der Waals surface area contributed by atoms with E-state index in [-0.39, 0.29) is 0 Å². The second-order valence-corrected chi connectivity index (χ2v) is 5.99. The van der Waals surface area contributed by atoms with Crippen LogP contribution in [0.5, 0.6) is 0 Å². The van der Waals surface area contributed by atoms with E-state index in [1.807, 2.05) is 12.4 Å². The summed E-state index contributed by atoms with van der Waals surface area (Å²) in [5, 5.41) is 0. The highest BCUT2D eigenvalue weighted by molar-refractivity contribution is 5.17. The monoisotopic (exact) mass is 233 g/mol. The molecule has 1 rings (SSSR count). The lowest BCUT2D eigenvalue weighted by Crippen LogP contribution is -2.19. The molecular formula is C16H27N. The first-order valence-corrected chi connectivity index (χ1v) is 6.90. The third-order valence-electron chi connectivity index (χ3n) is 4.19. The SMILES string of the molecule is CCC(C)C(CC(C)(C)CC)c1ccncc1. The molecule has 0 saturated heterocycles. The maximum Gasteiger partial charge on any atom is 0.0270 e. The van der Waals surface area contributed by atoms with Gasteiger partial charge in [-0.1, -0.05) is 47.5 Å². The van der Waals surface area contributed by atoms with Crippen LogP contribution in [-0.4, -0.2) is 4.98 Å².